The van der Waals surface area contributed by atoms with Gasteiger partial charge in [-0.3, -0.25) is 4.79 Å². The van der Waals surface area contributed by atoms with Gasteiger partial charge >= 0.3 is 0 Å². The van der Waals surface area contributed by atoms with Gasteiger partial charge in [0.2, 0.25) is 6.41 Å². The van der Waals surface area contributed by atoms with Gasteiger partial charge in [-0.2, -0.15) is 5.10 Å². The monoisotopic (exact) mass is 594 g/mol. The maximum atomic E-state index is 13.9. The van der Waals surface area contributed by atoms with E-state index in [4.69, 9.17) is 32.6 Å². The number of nitrogens with two attached hydrogens (primary N) is 3. The van der Waals surface area contributed by atoms with Crippen LogP contribution in [-0.4, -0.2) is 54.2 Å². The van der Waals surface area contributed by atoms with Crippen molar-refractivity contribution in [1.82, 2.24) is 9.61 Å². The van der Waals surface area contributed by atoms with Gasteiger partial charge in [-0.25, -0.2) is 13.9 Å². The molecular weight excluding hydrogens is 559 g/mol. The molecule has 0 saturated heterocycles. The van der Waals surface area contributed by atoms with Crippen molar-refractivity contribution < 1.29 is 13.9 Å². The molecule has 42 heavy (non-hydrogen) atoms. The largest absolute Gasteiger partial charge is 0.383 e. The van der Waals surface area contributed by atoms with Crippen LogP contribution < -0.4 is 27.8 Å². The van der Waals surface area contributed by atoms with Crippen LogP contribution in [0.2, 0.25) is 5.02 Å². The van der Waals surface area contributed by atoms with Crippen molar-refractivity contribution in [3.8, 4) is 11.1 Å². The van der Waals surface area contributed by atoms with Gasteiger partial charge in [0, 0.05) is 49.3 Å². The molecular formula is C30H36ClFN8O2. The molecule has 10 nitrogen and oxygen atoms in total. The number of hydrogen-bond donors (Lipinski definition) is 5. The Morgan fingerprint density at radius 1 is 1.26 bits per heavy atom. The predicted molar refractivity (Wildman–Crippen MR) is 167 cm³/mol. The van der Waals surface area contributed by atoms with E-state index in [2.05, 4.69) is 57.6 Å². The lowest BCUT2D eigenvalue weighted by Crippen LogP contribution is -2.24. The first kappa shape index (κ1) is 30.8. The second kappa shape index (κ2) is 14.1. The summed E-state index contributed by atoms with van der Waals surface area (Å²) in [4.78, 5) is 13.0. The average molecular weight is 595 g/mol. The van der Waals surface area contributed by atoms with Gasteiger partial charge in [0.15, 0.2) is 0 Å². The number of rotatable bonds is 9. The summed E-state index contributed by atoms with van der Waals surface area (Å²) in [5.41, 5.74) is 23.7. The van der Waals surface area contributed by atoms with E-state index in [9.17, 15) is 4.39 Å². The Morgan fingerprint density at radius 3 is 2.74 bits per heavy atom. The quantitative estimate of drug-likeness (QED) is 0.0820. The number of hydrogen-bond acceptors (Lipinski definition) is 7. The molecule has 4 aromatic rings. The second-order valence-corrected chi connectivity index (χ2v) is 10.5. The van der Waals surface area contributed by atoms with Gasteiger partial charge in [0.1, 0.15) is 11.7 Å². The van der Waals surface area contributed by atoms with Crippen LogP contribution >= 0.6 is 11.6 Å². The molecule has 2 aromatic heterocycles. The molecule has 1 aliphatic rings. The first-order valence-electron chi connectivity index (χ1n) is 13.6. The number of primary amides is 1. The molecule has 12 heteroatoms. The summed E-state index contributed by atoms with van der Waals surface area (Å²) in [5.74, 6) is -0.253. The Bertz CT molecular complexity index is 1570. The molecule has 1 aliphatic carbocycles. The minimum Gasteiger partial charge on any atom is -0.383 e. The summed E-state index contributed by atoms with van der Waals surface area (Å²) >= 11 is 6.26. The number of aromatic nitrogens is 2. The number of nitrogens with zero attached hydrogens (tertiary/aromatic N) is 3. The minimum atomic E-state index is -0.440. The number of amidine groups is 1. The highest BCUT2D eigenvalue weighted by molar-refractivity contribution is 6.33. The molecule has 2 atom stereocenters. The van der Waals surface area contributed by atoms with Crippen molar-refractivity contribution >= 4 is 46.4 Å². The lowest BCUT2D eigenvalue weighted by atomic mass is 10.0. The molecule has 0 spiro atoms. The van der Waals surface area contributed by atoms with Crippen LogP contribution in [-0.2, 0) is 9.53 Å². The second-order valence-electron chi connectivity index (χ2n) is 10.1. The molecule has 222 valence electrons. The first-order valence-corrected chi connectivity index (χ1v) is 13.9. The first-order chi connectivity index (χ1) is 20.2. The Kier molecular flexibility index (Phi) is 10.3. The summed E-state index contributed by atoms with van der Waals surface area (Å²) in [6, 6.07) is 12.7. The number of aliphatic imine (C=N–C) groups is 1. The lowest BCUT2D eigenvalue weighted by molar-refractivity contribution is -0.106. The third-order valence-corrected chi connectivity index (χ3v) is 7.38. The Labute approximate surface area is 249 Å². The molecule has 1 fully saturated rings. The van der Waals surface area contributed by atoms with Crippen molar-refractivity contribution in [2.24, 2.45) is 22.2 Å². The normalized spacial score (nSPS) is 16.6. The molecule has 2 aromatic carbocycles. The molecule has 0 radical (unpaired) electrons. The van der Waals surface area contributed by atoms with Crippen molar-refractivity contribution in [3.05, 3.63) is 76.8 Å². The number of carbonyl (C=O) groups excluding carboxylic acids is 1. The third-order valence-electron chi connectivity index (χ3n) is 7.06. The van der Waals surface area contributed by atoms with Crippen LogP contribution in [0.1, 0.15) is 30.4 Å². The zero-order chi connectivity index (χ0) is 30.2. The van der Waals surface area contributed by atoms with Crippen molar-refractivity contribution in [2.45, 2.75) is 38.3 Å². The van der Waals surface area contributed by atoms with Crippen LogP contribution in [0.5, 0.6) is 0 Å². The number of methoxy groups -OCH3 is 1. The smallest absolute Gasteiger partial charge is 0.204 e. The van der Waals surface area contributed by atoms with E-state index >= 15 is 0 Å². The van der Waals surface area contributed by atoms with Crippen molar-refractivity contribution in [3.63, 3.8) is 0 Å². The number of nitrogens with one attached hydrogen (secondary N) is 2. The van der Waals surface area contributed by atoms with Crippen molar-refractivity contribution in [2.75, 3.05) is 30.9 Å². The number of carbonyl (C=O) groups is 1. The number of anilines is 2. The predicted octanol–water partition coefficient (Wildman–Crippen LogP) is 4.59. The number of aryl methyl sites for hydroxylation is 1. The Hall–Kier alpha value is -4.19. The molecule has 8 N–H and O–H groups in total. The zero-order valence-electron chi connectivity index (χ0n) is 23.6. The fraction of sp³-hybridized carbons (Fsp3) is 0.300. The number of ether oxygens (including phenoxy) is 1. The van der Waals surface area contributed by atoms with E-state index in [1.807, 2.05) is 10.7 Å². The number of fused-ring (bicyclic) bond motifs is 1. The van der Waals surface area contributed by atoms with E-state index < -0.39 is 5.82 Å². The van der Waals surface area contributed by atoms with Gasteiger partial charge in [-0.1, -0.05) is 17.7 Å². The molecule has 1 amide bonds. The molecule has 2 unspecified atom stereocenters. The Balaban J connectivity index is 0.00000129. The van der Waals surface area contributed by atoms with Gasteiger partial charge in [0.05, 0.1) is 40.3 Å². The van der Waals surface area contributed by atoms with E-state index in [1.165, 1.54) is 18.2 Å². The van der Waals surface area contributed by atoms with Gasteiger partial charge in [0.25, 0.3) is 0 Å². The van der Waals surface area contributed by atoms with Gasteiger partial charge in [-0.05, 0) is 67.6 Å². The highest BCUT2D eigenvalue weighted by Gasteiger charge is 2.24. The minimum absolute atomic E-state index is 0.155. The summed E-state index contributed by atoms with van der Waals surface area (Å²) in [6.45, 7) is 3.46. The van der Waals surface area contributed by atoms with Crippen molar-refractivity contribution in [1.29, 1.82) is 0 Å². The van der Waals surface area contributed by atoms with Crippen LogP contribution in [0, 0.1) is 12.7 Å². The molecule has 5 rings (SSSR count). The summed E-state index contributed by atoms with van der Waals surface area (Å²) < 4.78 is 20.8. The molecule has 0 bridgehead atoms. The SMILES string of the molecule is COCCNc1ccc(-c2cc3c(NC4CCC(N)C4)c(C(N)=Nc4cc(F)ccc4Cl)cnn3c2)c(C)c1.NC=O. The number of benzene rings is 2. The maximum absolute atomic E-state index is 13.9. The van der Waals surface area contributed by atoms with Crippen LogP contribution in [0.25, 0.3) is 16.6 Å². The standard InChI is InChI=1S/C29H33ClFN7O.CH3NO/c1-17-11-21(34-9-10-39-2)6-7-23(17)18-12-27-28(36-22-5-4-20(32)14-22)24(15-35-38(27)16-18)29(33)37-26-13-19(31)3-8-25(26)30;2-1-3/h3,6-8,11-13,15-16,20,22,34,36H,4-5,9-10,14,32H2,1-2H3,(H2,33,37);1H,(H2,2,3). The topological polar surface area (TPSA) is 158 Å². The highest BCUT2D eigenvalue weighted by Crippen LogP contribution is 2.34. The fourth-order valence-electron chi connectivity index (χ4n) is 5.06. The lowest BCUT2D eigenvalue weighted by Gasteiger charge is -2.18. The number of halogens is 2. The van der Waals surface area contributed by atoms with Gasteiger partial charge in [-0.15, -0.1) is 0 Å². The summed E-state index contributed by atoms with van der Waals surface area (Å²) in [5, 5.41) is 12.0. The average Bonchev–Trinajstić information content (AvgIpc) is 3.57. The molecule has 2 heterocycles. The van der Waals surface area contributed by atoms with E-state index in [0.717, 1.165) is 59.4 Å². The Morgan fingerprint density at radius 2 is 2.05 bits per heavy atom. The van der Waals surface area contributed by atoms with Crippen LogP contribution in [0.3, 0.4) is 0 Å². The van der Waals surface area contributed by atoms with E-state index in [0.29, 0.717) is 17.2 Å². The molecule has 0 aliphatic heterocycles. The number of amides is 1. The van der Waals surface area contributed by atoms with E-state index in [-0.39, 0.29) is 30.0 Å². The van der Waals surface area contributed by atoms with Crippen LogP contribution in [0.15, 0.2) is 59.9 Å². The summed E-state index contributed by atoms with van der Waals surface area (Å²) in [7, 11) is 1.69. The maximum Gasteiger partial charge on any atom is 0.204 e. The highest BCUT2D eigenvalue weighted by atomic mass is 35.5. The van der Waals surface area contributed by atoms with Gasteiger partial charge < -0.3 is 32.6 Å². The van der Waals surface area contributed by atoms with E-state index in [1.54, 1.807) is 13.3 Å². The fourth-order valence-corrected chi connectivity index (χ4v) is 5.22. The zero-order valence-corrected chi connectivity index (χ0v) is 24.4. The third kappa shape index (κ3) is 7.35. The summed E-state index contributed by atoms with van der Waals surface area (Å²) in [6.07, 6.45) is 6.68. The van der Waals surface area contributed by atoms with Crippen LogP contribution in [0.4, 0.5) is 21.5 Å². The molecule has 1 saturated carbocycles.